The zero-order chi connectivity index (χ0) is 14.7. The molecule has 1 aromatic heterocycles. The first-order valence-electron chi connectivity index (χ1n) is 7.68. The van der Waals surface area contributed by atoms with Gasteiger partial charge in [0.2, 0.25) is 0 Å². The average molecular weight is 278 g/mol. The average Bonchev–Trinajstić information content (AvgIpc) is 2.81. The van der Waals surface area contributed by atoms with Crippen LogP contribution >= 0.6 is 0 Å². The number of hydrogen-bond donors (Lipinski definition) is 1. The molecule has 1 aliphatic carbocycles. The van der Waals surface area contributed by atoms with Gasteiger partial charge in [0.25, 0.3) is 0 Å². The topological polar surface area (TPSA) is 55.1 Å². The standard InChI is InChI=1S/C16H26N2O2/c1-11(2)12-5-7-15(16(19)20)13(10-12)4-6-14-8-9-17-18(14)3/h8-9,11-13,15H,4-7,10H2,1-3H3,(H,19,20). The molecule has 4 nitrogen and oxygen atoms in total. The van der Waals surface area contributed by atoms with E-state index < -0.39 is 5.97 Å². The highest BCUT2D eigenvalue weighted by atomic mass is 16.4. The van der Waals surface area contributed by atoms with Gasteiger partial charge in [0, 0.05) is 18.9 Å². The molecular weight excluding hydrogens is 252 g/mol. The molecule has 0 bridgehead atoms. The number of aliphatic carboxylic acids is 1. The lowest BCUT2D eigenvalue weighted by Crippen LogP contribution is -2.32. The van der Waals surface area contributed by atoms with Gasteiger partial charge in [-0.15, -0.1) is 0 Å². The number of carboxylic acid groups (broad SMARTS) is 1. The third-order valence-corrected chi connectivity index (χ3v) is 4.98. The molecule has 0 saturated heterocycles. The Kier molecular flexibility index (Phi) is 4.84. The summed E-state index contributed by atoms with van der Waals surface area (Å²) in [5.41, 5.74) is 1.20. The first-order chi connectivity index (χ1) is 9.49. The summed E-state index contributed by atoms with van der Waals surface area (Å²) >= 11 is 0. The highest BCUT2D eigenvalue weighted by molar-refractivity contribution is 5.70. The van der Waals surface area contributed by atoms with Crippen molar-refractivity contribution in [3.05, 3.63) is 18.0 Å². The number of carbonyl (C=O) groups is 1. The van der Waals surface area contributed by atoms with Crippen LogP contribution in [0.4, 0.5) is 0 Å². The Balaban J connectivity index is 2.00. The van der Waals surface area contributed by atoms with Crippen LogP contribution in [0.5, 0.6) is 0 Å². The molecule has 112 valence electrons. The Morgan fingerprint density at radius 2 is 2.25 bits per heavy atom. The maximum atomic E-state index is 11.5. The van der Waals surface area contributed by atoms with Crippen molar-refractivity contribution < 1.29 is 9.90 Å². The molecule has 0 amide bonds. The molecule has 4 heteroatoms. The van der Waals surface area contributed by atoms with Crippen LogP contribution in [0.25, 0.3) is 0 Å². The van der Waals surface area contributed by atoms with Crippen molar-refractivity contribution in [2.45, 2.75) is 46.0 Å². The molecule has 0 aliphatic heterocycles. The summed E-state index contributed by atoms with van der Waals surface area (Å²) < 4.78 is 1.89. The van der Waals surface area contributed by atoms with Crippen molar-refractivity contribution in [1.29, 1.82) is 0 Å². The number of hydrogen-bond acceptors (Lipinski definition) is 2. The van der Waals surface area contributed by atoms with Crippen LogP contribution < -0.4 is 0 Å². The maximum absolute atomic E-state index is 11.5. The summed E-state index contributed by atoms with van der Waals surface area (Å²) in [6.45, 7) is 4.51. The summed E-state index contributed by atoms with van der Waals surface area (Å²) in [5, 5.41) is 13.6. The first kappa shape index (κ1) is 15.1. The van der Waals surface area contributed by atoms with Crippen molar-refractivity contribution in [3.63, 3.8) is 0 Å². The molecular formula is C16H26N2O2. The summed E-state index contributed by atoms with van der Waals surface area (Å²) in [4.78, 5) is 11.5. The number of nitrogens with zero attached hydrogens (tertiary/aromatic N) is 2. The predicted molar refractivity (Wildman–Crippen MR) is 78.3 cm³/mol. The zero-order valence-corrected chi connectivity index (χ0v) is 12.7. The molecule has 0 radical (unpaired) electrons. The molecule has 1 fully saturated rings. The van der Waals surface area contributed by atoms with E-state index in [4.69, 9.17) is 0 Å². The SMILES string of the molecule is CC(C)C1CCC(C(=O)O)C(CCc2ccnn2C)C1. The molecule has 1 N–H and O–H groups in total. The minimum atomic E-state index is -0.609. The van der Waals surface area contributed by atoms with E-state index in [2.05, 4.69) is 18.9 Å². The molecule has 2 rings (SSSR count). The van der Waals surface area contributed by atoms with E-state index in [1.165, 1.54) is 5.69 Å². The van der Waals surface area contributed by atoms with Crippen LogP contribution in [0, 0.1) is 23.7 Å². The molecule has 20 heavy (non-hydrogen) atoms. The highest BCUT2D eigenvalue weighted by Crippen LogP contribution is 2.39. The van der Waals surface area contributed by atoms with Crippen LogP contribution in [0.15, 0.2) is 12.3 Å². The highest BCUT2D eigenvalue weighted by Gasteiger charge is 2.35. The van der Waals surface area contributed by atoms with Crippen LogP contribution in [0.3, 0.4) is 0 Å². The zero-order valence-electron chi connectivity index (χ0n) is 12.7. The summed E-state index contributed by atoms with van der Waals surface area (Å²) in [7, 11) is 1.95. The molecule has 1 heterocycles. The van der Waals surface area contributed by atoms with Crippen LogP contribution in [-0.2, 0) is 18.3 Å². The molecule has 3 unspecified atom stereocenters. The predicted octanol–water partition coefficient (Wildman–Crippen LogP) is 3.13. The van der Waals surface area contributed by atoms with Crippen LogP contribution in [0.2, 0.25) is 0 Å². The lowest BCUT2D eigenvalue weighted by Gasteiger charge is -2.36. The second-order valence-corrected chi connectivity index (χ2v) is 6.51. The van der Waals surface area contributed by atoms with E-state index in [-0.39, 0.29) is 5.92 Å². The van der Waals surface area contributed by atoms with Crippen LogP contribution in [0.1, 0.15) is 45.2 Å². The van der Waals surface area contributed by atoms with E-state index >= 15 is 0 Å². The number of aromatic nitrogens is 2. The van der Waals surface area contributed by atoms with E-state index in [0.29, 0.717) is 17.8 Å². The van der Waals surface area contributed by atoms with Gasteiger partial charge >= 0.3 is 5.97 Å². The fourth-order valence-electron chi connectivity index (χ4n) is 3.53. The van der Waals surface area contributed by atoms with Crippen molar-refractivity contribution in [1.82, 2.24) is 9.78 Å². The second-order valence-electron chi connectivity index (χ2n) is 6.51. The lowest BCUT2D eigenvalue weighted by atomic mass is 9.69. The lowest BCUT2D eigenvalue weighted by molar-refractivity contribution is -0.145. The van der Waals surface area contributed by atoms with Gasteiger partial charge in [0.15, 0.2) is 0 Å². The monoisotopic (exact) mass is 278 g/mol. The Hall–Kier alpha value is -1.32. The fraction of sp³-hybridized carbons (Fsp3) is 0.750. The molecule has 1 aliphatic rings. The Labute approximate surface area is 121 Å². The van der Waals surface area contributed by atoms with Crippen LogP contribution in [-0.4, -0.2) is 20.9 Å². The van der Waals surface area contributed by atoms with Gasteiger partial charge in [-0.2, -0.15) is 5.10 Å². The van der Waals surface area contributed by atoms with Gasteiger partial charge in [0.05, 0.1) is 5.92 Å². The Bertz CT molecular complexity index is 453. The van der Waals surface area contributed by atoms with E-state index in [9.17, 15) is 9.90 Å². The molecule has 1 aromatic rings. The summed E-state index contributed by atoms with van der Waals surface area (Å²) in [5.74, 6) is 0.884. The first-order valence-corrected chi connectivity index (χ1v) is 7.68. The third kappa shape index (κ3) is 3.41. The molecule has 0 spiro atoms. The van der Waals surface area contributed by atoms with Gasteiger partial charge in [-0.3, -0.25) is 9.48 Å². The van der Waals surface area contributed by atoms with Crippen molar-refractivity contribution in [2.75, 3.05) is 0 Å². The fourth-order valence-corrected chi connectivity index (χ4v) is 3.53. The number of aryl methyl sites for hydroxylation is 2. The Morgan fingerprint density at radius 1 is 1.50 bits per heavy atom. The smallest absolute Gasteiger partial charge is 0.306 e. The molecule has 3 atom stereocenters. The van der Waals surface area contributed by atoms with Gasteiger partial charge in [0.1, 0.15) is 0 Å². The van der Waals surface area contributed by atoms with Crippen molar-refractivity contribution >= 4 is 5.97 Å². The van der Waals surface area contributed by atoms with E-state index in [0.717, 1.165) is 32.1 Å². The van der Waals surface area contributed by atoms with Gasteiger partial charge in [-0.25, -0.2) is 0 Å². The van der Waals surface area contributed by atoms with Gasteiger partial charge in [-0.05, 0) is 55.9 Å². The summed E-state index contributed by atoms with van der Waals surface area (Å²) in [6.07, 6.45) is 6.66. The van der Waals surface area contributed by atoms with E-state index in [1.807, 2.05) is 24.0 Å². The largest absolute Gasteiger partial charge is 0.481 e. The van der Waals surface area contributed by atoms with Crippen molar-refractivity contribution in [2.24, 2.45) is 30.7 Å². The third-order valence-electron chi connectivity index (χ3n) is 4.98. The van der Waals surface area contributed by atoms with Gasteiger partial charge in [-0.1, -0.05) is 13.8 Å². The minimum absolute atomic E-state index is 0.154. The molecule has 0 aromatic carbocycles. The number of rotatable bonds is 5. The van der Waals surface area contributed by atoms with E-state index in [1.54, 1.807) is 0 Å². The Morgan fingerprint density at radius 3 is 2.80 bits per heavy atom. The second kappa shape index (κ2) is 6.42. The maximum Gasteiger partial charge on any atom is 0.306 e. The normalized spacial score (nSPS) is 26.9. The van der Waals surface area contributed by atoms with Gasteiger partial charge < -0.3 is 5.11 Å². The minimum Gasteiger partial charge on any atom is -0.481 e. The summed E-state index contributed by atoms with van der Waals surface area (Å²) in [6, 6.07) is 2.03. The molecule has 1 saturated carbocycles. The quantitative estimate of drug-likeness (QED) is 0.900. The number of carboxylic acids is 1. The van der Waals surface area contributed by atoms with Crippen molar-refractivity contribution in [3.8, 4) is 0 Å².